The van der Waals surface area contributed by atoms with Crippen LogP contribution in [0.3, 0.4) is 0 Å². The lowest BCUT2D eigenvalue weighted by atomic mass is 10.6. The first-order valence-electron chi connectivity index (χ1n) is 1.73. The summed E-state index contributed by atoms with van der Waals surface area (Å²) in [5.74, 6) is 0. The third-order valence-electron chi connectivity index (χ3n) is 0. The molecule has 0 aliphatic rings. The molecule has 0 saturated heterocycles. The van der Waals surface area contributed by atoms with E-state index in [9.17, 15) is 0 Å². The van der Waals surface area contributed by atoms with Crippen molar-refractivity contribution in [2.75, 3.05) is 0 Å². The fourth-order valence-electron chi connectivity index (χ4n) is 0. The highest BCUT2D eigenvalue weighted by Gasteiger charge is 1.68. The highest BCUT2D eigenvalue weighted by Crippen LogP contribution is 1.84. The summed E-state index contributed by atoms with van der Waals surface area (Å²) in [5, 5.41) is 0. The van der Waals surface area contributed by atoms with Crippen molar-refractivity contribution >= 4 is 47.5 Å². The predicted molar refractivity (Wildman–Crippen MR) is 46.8 cm³/mol. The zero-order chi connectivity index (χ0) is 3.58. The summed E-state index contributed by atoms with van der Waals surface area (Å²) < 4.78 is 0. The summed E-state index contributed by atoms with van der Waals surface area (Å²) in [5.41, 5.74) is 0.972. The van der Waals surface area contributed by atoms with Crippen molar-refractivity contribution in [3.8, 4) is 0 Å². The van der Waals surface area contributed by atoms with Gasteiger partial charge in [0, 0.05) is 10.2 Å². The van der Waals surface area contributed by atoms with Gasteiger partial charge in [-0.1, -0.05) is 19.4 Å². The molecule has 0 aromatic carbocycles. The molecule has 0 aromatic rings. The molecule has 0 rings (SSSR count). The first-order valence-corrected chi connectivity index (χ1v) is 2.89. The Labute approximate surface area is 67.1 Å². The van der Waals surface area contributed by atoms with E-state index in [4.69, 9.17) is 0 Å². The van der Waals surface area contributed by atoms with Crippen LogP contribution < -0.4 is 0 Å². The van der Waals surface area contributed by atoms with E-state index < -0.39 is 0 Å². The van der Waals surface area contributed by atoms with Crippen molar-refractivity contribution in [3.63, 3.8) is 0 Å². The molecule has 0 fully saturated rings. The second kappa shape index (κ2) is 15.7. The lowest BCUT2D eigenvalue weighted by Crippen LogP contribution is -1.67. The Kier molecular flexibility index (Phi) is 54.6. The molecule has 0 amide bonds. The van der Waals surface area contributed by atoms with Gasteiger partial charge < -0.3 is 0 Å². The number of hydrogen-bond acceptors (Lipinski definition) is 0. The molecule has 0 unspecified atom stereocenters. The van der Waals surface area contributed by atoms with Crippen LogP contribution in [0.4, 0.5) is 0 Å². The standard InChI is InChI=1S/C3H10Si.3ClH/c1-3(2)4;;;/h3H,1-2,4H3;3*1H. The molecule has 0 aromatic heterocycles. The molecule has 0 bridgehead atoms. The molecular weight excluding hydrogens is 170 g/mol. The smallest absolute Gasteiger partial charge is 0.00602 e. The molecule has 0 radical (unpaired) electrons. The molecular formula is C3H13Cl3Si. The van der Waals surface area contributed by atoms with Crippen molar-refractivity contribution in [2.45, 2.75) is 19.4 Å². The Morgan fingerprint density at radius 1 is 1.00 bits per heavy atom. The van der Waals surface area contributed by atoms with Crippen LogP contribution in [0.15, 0.2) is 0 Å². The summed E-state index contributed by atoms with van der Waals surface area (Å²) in [7, 11) is 1.35. The van der Waals surface area contributed by atoms with Gasteiger partial charge in [0.25, 0.3) is 0 Å². The zero-order valence-electron chi connectivity index (χ0n) is 4.80. The predicted octanol–water partition coefficient (Wildman–Crippen LogP) is 1.45. The van der Waals surface area contributed by atoms with E-state index in [1.54, 1.807) is 0 Å². The third kappa shape index (κ3) is 155. The minimum atomic E-state index is 0. The van der Waals surface area contributed by atoms with Crippen LogP contribution in [0.5, 0.6) is 0 Å². The summed E-state index contributed by atoms with van der Waals surface area (Å²) in [6, 6.07) is 0. The van der Waals surface area contributed by atoms with Gasteiger partial charge in [0.05, 0.1) is 0 Å². The molecule has 0 heterocycles. The Hall–Kier alpha value is 1.09. The van der Waals surface area contributed by atoms with Crippen LogP contribution >= 0.6 is 37.2 Å². The first kappa shape index (κ1) is 24.3. The second-order valence-corrected chi connectivity index (χ2v) is 4.04. The average molecular weight is 184 g/mol. The number of hydrogen-bond donors (Lipinski definition) is 0. The van der Waals surface area contributed by atoms with Crippen molar-refractivity contribution in [1.82, 2.24) is 0 Å². The lowest BCUT2D eigenvalue weighted by molar-refractivity contribution is 1.08. The number of rotatable bonds is 0. The minimum Gasteiger partial charge on any atom is -0.147 e. The van der Waals surface area contributed by atoms with Gasteiger partial charge >= 0.3 is 0 Å². The summed E-state index contributed by atoms with van der Waals surface area (Å²) >= 11 is 0. The fraction of sp³-hybridized carbons (Fsp3) is 1.00. The van der Waals surface area contributed by atoms with Gasteiger partial charge in [-0.05, 0) is 0 Å². The normalized spacial score (nSPS) is 5.57. The Balaban J connectivity index is -0.0000000150. The highest BCUT2D eigenvalue weighted by atomic mass is 35.5. The Morgan fingerprint density at radius 2 is 1.00 bits per heavy atom. The van der Waals surface area contributed by atoms with Gasteiger partial charge in [-0.15, -0.1) is 37.2 Å². The van der Waals surface area contributed by atoms with Crippen LogP contribution in [0.1, 0.15) is 13.8 Å². The summed E-state index contributed by atoms with van der Waals surface area (Å²) in [6.07, 6.45) is 0. The van der Waals surface area contributed by atoms with E-state index in [0.29, 0.717) is 0 Å². The monoisotopic (exact) mass is 182 g/mol. The van der Waals surface area contributed by atoms with Gasteiger partial charge in [0.1, 0.15) is 0 Å². The first-order chi connectivity index (χ1) is 1.73. The Bertz CT molecular complexity index is 14.9. The summed E-state index contributed by atoms with van der Waals surface area (Å²) in [4.78, 5) is 0. The summed E-state index contributed by atoms with van der Waals surface area (Å²) in [6.45, 7) is 4.46. The van der Waals surface area contributed by atoms with Crippen molar-refractivity contribution in [1.29, 1.82) is 0 Å². The maximum atomic E-state index is 2.23. The average Bonchev–Trinajstić information content (AvgIpc) is 0.811. The van der Waals surface area contributed by atoms with E-state index in [0.717, 1.165) is 5.54 Å². The van der Waals surface area contributed by atoms with Crippen molar-refractivity contribution in [2.24, 2.45) is 0 Å². The molecule has 0 aliphatic heterocycles. The van der Waals surface area contributed by atoms with E-state index in [1.807, 2.05) is 0 Å². The van der Waals surface area contributed by atoms with Gasteiger partial charge in [0.15, 0.2) is 0 Å². The van der Waals surface area contributed by atoms with E-state index in [1.165, 1.54) is 10.2 Å². The largest absolute Gasteiger partial charge is 0.147 e. The van der Waals surface area contributed by atoms with Crippen molar-refractivity contribution < 1.29 is 0 Å². The van der Waals surface area contributed by atoms with Crippen LogP contribution in [0.25, 0.3) is 0 Å². The van der Waals surface area contributed by atoms with Gasteiger partial charge in [0.2, 0.25) is 0 Å². The van der Waals surface area contributed by atoms with Crippen molar-refractivity contribution in [3.05, 3.63) is 0 Å². The molecule has 0 N–H and O–H groups in total. The molecule has 0 nitrogen and oxygen atoms in total. The third-order valence-corrected chi connectivity index (χ3v) is 0. The second-order valence-electron chi connectivity index (χ2n) is 1.73. The van der Waals surface area contributed by atoms with Gasteiger partial charge in [-0.2, -0.15) is 0 Å². The maximum Gasteiger partial charge on any atom is 0.00602 e. The van der Waals surface area contributed by atoms with E-state index >= 15 is 0 Å². The SMILES string of the molecule is CC(C)[SiH3].Cl.Cl.Cl. The molecule has 0 aliphatic carbocycles. The topological polar surface area (TPSA) is 0 Å². The quantitative estimate of drug-likeness (QED) is 0.499. The number of halogens is 3. The molecule has 0 spiro atoms. The molecule has 4 heteroatoms. The fourth-order valence-corrected chi connectivity index (χ4v) is 0. The van der Waals surface area contributed by atoms with Crippen LogP contribution in [0, 0.1) is 0 Å². The van der Waals surface area contributed by atoms with E-state index in [2.05, 4.69) is 13.8 Å². The van der Waals surface area contributed by atoms with Crippen LogP contribution in [0.2, 0.25) is 5.54 Å². The molecule has 0 atom stereocenters. The van der Waals surface area contributed by atoms with Crippen LogP contribution in [-0.4, -0.2) is 10.2 Å². The molecule has 50 valence electrons. The molecule has 7 heavy (non-hydrogen) atoms. The highest BCUT2D eigenvalue weighted by molar-refractivity contribution is 6.10. The van der Waals surface area contributed by atoms with E-state index in [-0.39, 0.29) is 37.2 Å². The van der Waals surface area contributed by atoms with Gasteiger partial charge in [-0.3, -0.25) is 0 Å². The van der Waals surface area contributed by atoms with Crippen LogP contribution in [-0.2, 0) is 0 Å². The zero-order valence-corrected chi connectivity index (χ0v) is 9.25. The minimum absolute atomic E-state index is 0. The molecule has 0 saturated carbocycles. The lowest BCUT2D eigenvalue weighted by Gasteiger charge is -1.78. The maximum absolute atomic E-state index is 2.23. The Morgan fingerprint density at radius 3 is 1.00 bits per heavy atom. The van der Waals surface area contributed by atoms with Gasteiger partial charge in [-0.25, -0.2) is 0 Å².